The highest BCUT2D eigenvalue weighted by atomic mass is 16.6. The highest BCUT2D eigenvalue weighted by Gasteiger charge is 2.42. The van der Waals surface area contributed by atoms with E-state index in [0.717, 1.165) is 36.0 Å². The molecule has 0 fully saturated rings. The first-order chi connectivity index (χ1) is 26.6. The minimum absolute atomic E-state index is 0.136. The largest absolute Gasteiger partial charge is 0.491 e. The molecule has 3 atom stereocenters. The first kappa shape index (κ1) is 44.1. The summed E-state index contributed by atoms with van der Waals surface area (Å²) in [5.41, 5.74) is 8.94. The van der Waals surface area contributed by atoms with Crippen LogP contribution in [0, 0.1) is 5.41 Å². The normalized spacial score (nSPS) is 17.2. The summed E-state index contributed by atoms with van der Waals surface area (Å²) in [6, 6.07) is 12.2. The van der Waals surface area contributed by atoms with Crippen molar-refractivity contribution >= 4 is 17.7 Å². The number of fused-ring (bicyclic) bond motifs is 2. The second kappa shape index (κ2) is 23.4. The highest BCUT2D eigenvalue weighted by molar-refractivity contribution is 5.93. The Kier molecular flexibility index (Phi) is 18.8. The van der Waals surface area contributed by atoms with Crippen LogP contribution in [0.2, 0.25) is 0 Å². The van der Waals surface area contributed by atoms with Crippen molar-refractivity contribution < 1.29 is 47.5 Å². The van der Waals surface area contributed by atoms with Gasteiger partial charge in [0.05, 0.1) is 72.1 Å². The lowest BCUT2D eigenvalue weighted by molar-refractivity contribution is -0.147. The van der Waals surface area contributed by atoms with E-state index in [4.69, 9.17) is 38.9 Å². The van der Waals surface area contributed by atoms with Crippen LogP contribution >= 0.6 is 0 Å². The van der Waals surface area contributed by atoms with Crippen molar-refractivity contribution in [1.82, 2.24) is 15.5 Å². The van der Waals surface area contributed by atoms with Gasteiger partial charge in [-0.2, -0.15) is 0 Å². The number of nitrogens with one attached hydrogen (secondary N) is 2. The Morgan fingerprint density at radius 3 is 2.05 bits per heavy atom. The SMILES string of the molecule is COCC(=O)NC(C(=O)N1Cc2cc(OCCOCCOCCOCCOCCOCCN)ccc2CC1C(=O)N[C@@H]1CCCc2ccccc21)C(C)(C)C. The van der Waals surface area contributed by atoms with Gasteiger partial charge in [0.25, 0.3) is 0 Å². The molecule has 4 N–H and O–H groups in total. The van der Waals surface area contributed by atoms with Crippen LogP contribution in [0.3, 0.4) is 0 Å². The van der Waals surface area contributed by atoms with Crippen molar-refractivity contribution in [2.75, 3.05) is 92.9 Å². The predicted molar refractivity (Wildman–Crippen MR) is 207 cm³/mol. The lowest BCUT2D eigenvalue weighted by Crippen LogP contribution is -2.61. The van der Waals surface area contributed by atoms with E-state index in [2.05, 4.69) is 22.8 Å². The molecule has 55 heavy (non-hydrogen) atoms. The Labute approximate surface area is 326 Å². The summed E-state index contributed by atoms with van der Waals surface area (Å²) in [7, 11) is 1.43. The summed E-state index contributed by atoms with van der Waals surface area (Å²) in [4.78, 5) is 42.9. The molecule has 306 valence electrons. The topological polar surface area (TPSA) is 169 Å². The van der Waals surface area contributed by atoms with E-state index in [1.165, 1.54) is 12.7 Å². The number of hydrogen-bond donors (Lipinski definition) is 3. The number of methoxy groups -OCH3 is 1. The molecular weight excluding hydrogens is 708 g/mol. The van der Waals surface area contributed by atoms with Crippen molar-refractivity contribution in [2.24, 2.45) is 11.1 Å². The number of carbonyl (C=O) groups excluding carboxylic acids is 3. The molecule has 1 aliphatic carbocycles. The monoisotopic (exact) mass is 770 g/mol. The molecule has 4 rings (SSSR count). The maximum absolute atomic E-state index is 14.4. The average molecular weight is 771 g/mol. The number of aryl methyl sites for hydroxylation is 1. The van der Waals surface area contributed by atoms with Gasteiger partial charge in [0.1, 0.15) is 31.0 Å². The standard InChI is InChI=1S/C41H62N4O10/c1-41(2,3)38(44-37(46)29-49-4)40(48)45-28-32-26-33(55-25-24-54-23-22-53-21-20-52-19-18-51-17-16-50-15-14-42)13-12-31(32)27-36(45)39(47)43-35-11-7-9-30-8-5-6-10-34(30)35/h5-6,8,10,12-13,26,35-36,38H,7,9,11,14-25,27-29,42H2,1-4H3,(H,43,47)(H,44,46)/t35-,36?,38?/m1/s1. The van der Waals surface area contributed by atoms with E-state index in [1.807, 2.05) is 51.1 Å². The number of ether oxygens (including phenoxy) is 7. The van der Waals surface area contributed by atoms with Crippen LogP contribution in [-0.4, -0.2) is 128 Å². The maximum atomic E-state index is 14.4. The molecule has 0 spiro atoms. The predicted octanol–water partition coefficient (Wildman–Crippen LogP) is 2.73. The van der Waals surface area contributed by atoms with Gasteiger partial charge in [-0.05, 0) is 59.1 Å². The van der Waals surface area contributed by atoms with Gasteiger partial charge < -0.3 is 54.4 Å². The highest BCUT2D eigenvalue weighted by Crippen LogP contribution is 2.33. The number of benzene rings is 2. The molecule has 14 heteroatoms. The lowest BCUT2D eigenvalue weighted by Gasteiger charge is -2.41. The minimum atomic E-state index is -0.882. The van der Waals surface area contributed by atoms with Gasteiger partial charge in [-0.25, -0.2) is 0 Å². The Bertz CT molecular complexity index is 1490. The molecule has 0 saturated heterocycles. The van der Waals surface area contributed by atoms with Crippen molar-refractivity contribution in [3.63, 3.8) is 0 Å². The van der Waals surface area contributed by atoms with Crippen LogP contribution in [0.25, 0.3) is 0 Å². The van der Waals surface area contributed by atoms with E-state index in [1.54, 1.807) is 4.90 Å². The van der Waals surface area contributed by atoms with Crippen LogP contribution in [0.4, 0.5) is 0 Å². The lowest BCUT2D eigenvalue weighted by atomic mass is 9.84. The zero-order chi connectivity index (χ0) is 39.5. The summed E-state index contributed by atoms with van der Waals surface area (Å²) in [5, 5.41) is 6.15. The van der Waals surface area contributed by atoms with Gasteiger partial charge in [-0.3, -0.25) is 14.4 Å². The van der Waals surface area contributed by atoms with Crippen molar-refractivity contribution in [3.05, 3.63) is 64.7 Å². The van der Waals surface area contributed by atoms with Crippen LogP contribution in [0.1, 0.15) is 61.9 Å². The van der Waals surface area contributed by atoms with E-state index in [-0.39, 0.29) is 31.0 Å². The van der Waals surface area contributed by atoms with Crippen molar-refractivity contribution in [1.29, 1.82) is 0 Å². The van der Waals surface area contributed by atoms with Gasteiger partial charge in [0.2, 0.25) is 17.7 Å². The molecule has 1 aliphatic heterocycles. The smallest absolute Gasteiger partial charge is 0.246 e. The van der Waals surface area contributed by atoms with Gasteiger partial charge in [-0.1, -0.05) is 51.1 Å². The quantitative estimate of drug-likeness (QED) is 0.134. The Morgan fingerprint density at radius 2 is 1.44 bits per heavy atom. The van der Waals surface area contributed by atoms with Gasteiger partial charge >= 0.3 is 0 Å². The first-order valence-electron chi connectivity index (χ1n) is 19.4. The summed E-state index contributed by atoms with van der Waals surface area (Å²) in [6.07, 6.45) is 3.11. The maximum Gasteiger partial charge on any atom is 0.246 e. The number of hydrogen-bond acceptors (Lipinski definition) is 11. The molecule has 3 amide bonds. The summed E-state index contributed by atoms with van der Waals surface area (Å²) in [6.45, 7) is 11.2. The van der Waals surface area contributed by atoms with Crippen LogP contribution in [0.15, 0.2) is 42.5 Å². The van der Waals surface area contributed by atoms with E-state index >= 15 is 0 Å². The second-order valence-electron chi connectivity index (χ2n) is 14.8. The molecule has 0 aromatic heterocycles. The van der Waals surface area contributed by atoms with E-state index < -0.39 is 23.4 Å². The molecule has 2 aromatic carbocycles. The Hall–Kier alpha value is -3.63. The molecular formula is C41H62N4O10. The fourth-order valence-electron chi connectivity index (χ4n) is 6.72. The number of carbonyl (C=O) groups is 3. The fraction of sp³-hybridized carbons (Fsp3) is 0.634. The van der Waals surface area contributed by atoms with Crippen LogP contribution in [0.5, 0.6) is 5.75 Å². The molecule has 0 saturated carbocycles. The number of rotatable bonds is 24. The third-order valence-electron chi connectivity index (χ3n) is 9.52. The molecule has 14 nitrogen and oxygen atoms in total. The molecule has 1 heterocycles. The van der Waals surface area contributed by atoms with Crippen LogP contribution < -0.4 is 21.1 Å². The average Bonchev–Trinajstić information content (AvgIpc) is 3.17. The van der Waals surface area contributed by atoms with E-state index in [0.29, 0.717) is 91.4 Å². The van der Waals surface area contributed by atoms with Gasteiger partial charge in [-0.15, -0.1) is 0 Å². The number of nitrogens with zero attached hydrogens (tertiary/aromatic N) is 1. The molecule has 2 aromatic rings. The minimum Gasteiger partial charge on any atom is -0.491 e. The van der Waals surface area contributed by atoms with Gasteiger partial charge in [0, 0.05) is 26.6 Å². The third kappa shape index (κ3) is 14.4. The second-order valence-corrected chi connectivity index (χ2v) is 14.8. The van der Waals surface area contributed by atoms with Gasteiger partial charge in [0.15, 0.2) is 0 Å². The molecule has 0 bridgehead atoms. The van der Waals surface area contributed by atoms with E-state index in [9.17, 15) is 14.4 Å². The molecule has 2 unspecified atom stereocenters. The van der Waals surface area contributed by atoms with Crippen LogP contribution in [-0.2, 0) is 62.2 Å². The zero-order valence-electron chi connectivity index (χ0n) is 33.1. The fourth-order valence-corrected chi connectivity index (χ4v) is 6.72. The molecule has 2 aliphatic rings. The number of nitrogens with two attached hydrogens (primary N) is 1. The van der Waals surface area contributed by atoms with Crippen molar-refractivity contribution in [2.45, 2.75) is 71.1 Å². The zero-order valence-corrected chi connectivity index (χ0v) is 33.1. The first-order valence-corrected chi connectivity index (χ1v) is 19.4. The third-order valence-corrected chi connectivity index (χ3v) is 9.52. The summed E-state index contributed by atoms with van der Waals surface area (Å²) in [5.74, 6) is -0.298. The summed E-state index contributed by atoms with van der Waals surface area (Å²) >= 11 is 0. The Balaban J connectivity index is 1.30. The number of amides is 3. The molecule has 0 radical (unpaired) electrons. The summed E-state index contributed by atoms with van der Waals surface area (Å²) < 4.78 is 38.4. The van der Waals surface area contributed by atoms with Crippen molar-refractivity contribution in [3.8, 4) is 5.75 Å². The Morgan fingerprint density at radius 1 is 0.818 bits per heavy atom.